The Morgan fingerprint density at radius 2 is 1.93 bits per heavy atom. The summed E-state index contributed by atoms with van der Waals surface area (Å²) in [5.41, 5.74) is 7.86. The molecular weight excluding hydrogens is 184 g/mol. The number of benzene rings is 1. The third-order valence-corrected chi connectivity index (χ3v) is 2.93. The van der Waals surface area contributed by atoms with Crippen molar-refractivity contribution in [2.45, 2.75) is 26.2 Å². The number of hydrogen-bond donors (Lipinski definition) is 1. The van der Waals surface area contributed by atoms with Crippen LogP contribution >= 0.6 is 0 Å². The van der Waals surface area contributed by atoms with Crippen molar-refractivity contribution in [3.05, 3.63) is 24.3 Å². The second kappa shape index (κ2) is 4.56. The van der Waals surface area contributed by atoms with E-state index in [1.807, 2.05) is 12.1 Å². The van der Waals surface area contributed by atoms with E-state index in [2.05, 4.69) is 24.0 Å². The molecule has 0 spiro atoms. The normalized spacial score (nSPS) is 15.3. The topological polar surface area (TPSA) is 29.3 Å². The molecule has 82 valence electrons. The summed E-state index contributed by atoms with van der Waals surface area (Å²) in [5.74, 6) is 0.939. The zero-order chi connectivity index (χ0) is 10.7. The minimum absolute atomic E-state index is 0.849. The minimum atomic E-state index is 0.849. The lowest BCUT2D eigenvalue weighted by Crippen LogP contribution is -2.26. The van der Waals surface area contributed by atoms with E-state index < -0.39 is 0 Å². The minimum Gasteiger partial charge on any atom is -0.399 e. The van der Waals surface area contributed by atoms with Gasteiger partial charge >= 0.3 is 0 Å². The zero-order valence-corrected chi connectivity index (χ0v) is 9.45. The van der Waals surface area contributed by atoms with Crippen molar-refractivity contribution in [2.24, 2.45) is 5.92 Å². The molecule has 0 atom stereocenters. The number of nitrogens with zero attached hydrogens (tertiary/aromatic N) is 1. The maximum atomic E-state index is 5.70. The third-order valence-electron chi connectivity index (χ3n) is 2.93. The first kappa shape index (κ1) is 10.3. The van der Waals surface area contributed by atoms with Crippen LogP contribution in [0, 0.1) is 5.92 Å². The lowest BCUT2D eigenvalue weighted by molar-refractivity contribution is 0.708. The van der Waals surface area contributed by atoms with E-state index in [9.17, 15) is 0 Å². The van der Waals surface area contributed by atoms with Gasteiger partial charge in [0.2, 0.25) is 0 Å². The first-order valence-corrected chi connectivity index (χ1v) is 5.90. The Hall–Kier alpha value is -1.18. The highest BCUT2D eigenvalue weighted by Crippen LogP contribution is 2.31. The highest BCUT2D eigenvalue weighted by molar-refractivity contribution is 5.53. The molecule has 0 aliphatic heterocycles. The Morgan fingerprint density at radius 1 is 1.27 bits per heavy atom. The van der Waals surface area contributed by atoms with Crippen LogP contribution in [0.15, 0.2) is 24.3 Å². The summed E-state index contributed by atoms with van der Waals surface area (Å²) in [5, 5.41) is 0. The van der Waals surface area contributed by atoms with Crippen LogP contribution in [0.1, 0.15) is 26.2 Å². The van der Waals surface area contributed by atoms with Gasteiger partial charge in [0.1, 0.15) is 0 Å². The van der Waals surface area contributed by atoms with E-state index in [0.29, 0.717) is 0 Å². The molecular formula is C13H20N2. The lowest BCUT2D eigenvalue weighted by atomic mass is 10.2. The molecule has 2 N–H and O–H groups in total. The Morgan fingerprint density at radius 3 is 2.47 bits per heavy atom. The van der Waals surface area contributed by atoms with E-state index in [1.165, 1.54) is 31.5 Å². The highest BCUT2D eigenvalue weighted by atomic mass is 15.1. The van der Waals surface area contributed by atoms with E-state index >= 15 is 0 Å². The molecule has 0 radical (unpaired) electrons. The second-order valence-corrected chi connectivity index (χ2v) is 4.48. The molecule has 0 unspecified atom stereocenters. The van der Waals surface area contributed by atoms with Crippen LogP contribution in [-0.2, 0) is 0 Å². The number of nitrogen functional groups attached to an aromatic ring is 1. The molecule has 2 heteroatoms. The maximum Gasteiger partial charge on any atom is 0.0367 e. The molecule has 1 aliphatic rings. The molecule has 2 nitrogen and oxygen atoms in total. The molecule has 0 heterocycles. The van der Waals surface area contributed by atoms with Gasteiger partial charge in [-0.05, 0) is 49.4 Å². The predicted molar refractivity (Wildman–Crippen MR) is 66.1 cm³/mol. The summed E-state index contributed by atoms with van der Waals surface area (Å²) >= 11 is 0. The van der Waals surface area contributed by atoms with Gasteiger partial charge in [-0.1, -0.05) is 6.92 Å². The number of nitrogens with two attached hydrogens (primary N) is 1. The summed E-state index contributed by atoms with van der Waals surface area (Å²) in [6.07, 6.45) is 4.03. The van der Waals surface area contributed by atoms with Crippen LogP contribution in [0.2, 0.25) is 0 Å². The van der Waals surface area contributed by atoms with Gasteiger partial charge in [0.05, 0.1) is 0 Å². The fraction of sp³-hybridized carbons (Fsp3) is 0.538. The first-order valence-electron chi connectivity index (χ1n) is 5.90. The van der Waals surface area contributed by atoms with Crippen LogP contribution in [0.25, 0.3) is 0 Å². The van der Waals surface area contributed by atoms with Crippen LogP contribution in [-0.4, -0.2) is 13.1 Å². The van der Waals surface area contributed by atoms with Gasteiger partial charge in [-0.2, -0.15) is 0 Å². The fourth-order valence-corrected chi connectivity index (χ4v) is 1.89. The molecule has 1 fully saturated rings. The molecule has 1 aromatic rings. The fourth-order valence-electron chi connectivity index (χ4n) is 1.89. The van der Waals surface area contributed by atoms with Crippen LogP contribution in [0.5, 0.6) is 0 Å². The number of hydrogen-bond acceptors (Lipinski definition) is 2. The maximum absolute atomic E-state index is 5.70. The van der Waals surface area contributed by atoms with Crippen molar-refractivity contribution in [1.29, 1.82) is 0 Å². The van der Waals surface area contributed by atoms with Gasteiger partial charge in [-0.15, -0.1) is 0 Å². The molecule has 1 aromatic carbocycles. The predicted octanol–water partition coefficient (Wildman–Crippen LogP) is 2.90. The first-order chi connectivity index (χ1) is 7.29. The van der Waals surface area contributed by atoms with Gasteiger partial charge in [-0.25, -0.2) is 0 Å². The monoisotopic (exact) mass is 204 g/mol. The lowest BCUT2D eigenvalue weighted by Gasteiger charge is -2.24. The van der Waals surface area contributed by atoms with E-state index in [1.54, 1.807) is 0 Å². The van der Waals surface area contributed by atoms with Crippen LogP contribution in [0.4, 0.5) is 11.4 Å². The van der Waals surface area contributed by atoms with E-state index in [4.69, 9.17) is 5.73 Å². The molecule has 0 aromatic heterocycles. The molecule has 0 saturated heterocycles. The van der Waals surface area contributed by atoms with E-state index in [0.717, 1.165) is 18.2 Å². The van der Waals surface area contributed by atoms with E-state index in [-0.39, 0.29) is 0 Å². The summed E-state index contributed by atoms with van der Waals surface area (Å²) in [6.45, 7) is 4.61. The highest BCUT2D eigenvalue weighted by Gasteiger charge is 2.24. The smallest absolute Gasteiger partial charge is 0.0367 e. The Labute approximate surface area is 92.1 Å². The van der Waals surface area contributed by atoms with Crippen molar-refractivity contribution in [3.8, 4) is 0 Å². The molecule has 15 heavy (non-hydrogen) atoms. The van der Waals surface area contributed by atoms with Gasteiger partial charge in [0, 0.05) is 24.5 Å². The Balaban J connectivity index is 2.04. The Kier molecular flexibility index (Phi) is 3.14. The second-order valence-electron chi connectivity index (χ2n) is 4.48. The SMILES string of the molecule is CCCN(CC1CC1)c1ccc(N)cc1. The zero-order valence-electron chi connectivity index (χ0n) is 9.45. The van der Waals surface area contributed by atoms with Crippen LogP contribution < -0.4 is 10.6 Å². The molecule has 2 rings (SSSR count). The van der Waals surface area contributed by atoms with Crippen molar-refractivity contribution in [1.82, 2.24) is 0 Å². The van der Waals surface area contributed by atoms with Crippen molar-refractivity contribution < 1.29 is 0 Å². The summed E-state index contributed by atoms with van der Waals surface area (Å²) in [7, 11) is 0. The number of rotatable bonds is 5. The van der Waals surface area contributed by atoms with Gasteiger partial charge in [0.25, 0.3) is 0 Å². The van der Waals surface area contributed by atoms with Crippen molar-refractivity contribution >= 4 is 11.4 Å². The molecule has 0 amide bonds. The summed E-state index contributed by atoms with van der Waals surface area (Å²) in [4.78, 5) is 2.48. The average molecular weight is 204 g/mol. The third kappa shape index (κ3) is 2.88. The molecule has 0 bridgehead atoms. The van der Waals surface area contributed by atoms with Crippen molar-refractivity contribution in [2.75, 3.05) is 23.7 Å². The summed E-state index contributed by atoms with van der Waals surface area (Å²) in [6, 6.07) is 8.25. The van der Waals surface area contributed by atoms with Gasteiger partial charge in [0.15, 0.2) is 0 Å². The number of anilines is 2. The molecule has 1 saturated carbocycles. The van der Waals surface area contributed by atoms with Gasteiger partial charge in [-0.3, -0.25) is 0 Å². The largest absolute Gasteiger partial charge is 0.399 e. The standard InChI is InChI=1S/C13H20N2/c1-2-9-15(10-11-3-4-11)13-7-5-12(14)6-8-13/h5-8,11H,2-4,9-10,14H2,1H3. The van der Waals surface area contributed by atoms with Crippen LogP contribution in [0.3, 0.4) is 0 Å². The average Bonchev–Trinajstić information content (AvgIpc) is 3.02. The van der Waals surface area contributed by atoms with Gasteiger partial charge < -0.3 is 10.6 Å². The summed E-state index contributed by atoms with van der Waals surface area (Å²) < 4.78 is 0. The van der Waals surface area contributed by atoms with Crippen molar-refractivity contribution in [3.63, 3.8) is 0 Å². The quantitative estimate of drug-likeness (QED) is 0.747. The Bertz CT molecular complexity index is 301. The molecule has 1 aliphatic carbocycles.